The summed E-state index contributed by atoms with van der Waals surface area (Å²) in [6.07, 6.45) is -0.764. The summed E-state index contributed by atoms with van der Waals surface area (Å²) in [5, 5.41) is 12.0. The Morgan fingerprint density at radius 3 is 2.12 bits per heavy atom. The maximum Gasteiger partial charge on any atom is 0.410 e. The minimum atomic E-state index is -0.931. The van der Waals surface area contributed by atoms with Gasteiger partial charge in [-0.05, 0) is 48.0 Å². The van der Waals surface area contributed by atoms with Crippen LogP contribution in [-0.2, 0) is 14.3 Å². The fraction of sp³-hybridized carbons (Fsp3) is 0.824. The Morgan fingerprint density at radius 2 is 1.64 bits per heavy atom. The highest BCUT2D eigenvalue weighted by atomic mass is 16.6. The normalized spacial score (nSPS) is 21.4. The van der Waals surface area contributed by atoms with E-state index in [1.807, 2.05) is 0 Å². The van der Waals surface area contributed by atoms with E-state index < -0.39 is 41.2 Å². The first kappa shape index (κ1) is 21.1. The lowest BCUT2D eigenvalue weighted by Gasteiger charge is -2.37. The Hall–Kier alpha value is -1.99. The van der Waals surface area contributed by atoms with Crippen LogP contribution in [0.25, 0.3) is 0 Å². The van der Waals surface area contributed by atoms with Gasteiger partial charge in [0.15, 0.2) is 0 Å². The molecule has 2 atom stereocenters. The zero-order valence-electron chi connectivity index (χ0n) is 15.9. The number of ether oxygens (including phenoxy) is 2. The lowest BCUT2D eigenvalue weighted by Crippen LogP contribution is -2.50. The number of piperidine rings is 1. The molecular formula is C17H30N2O6. The molecule has 0 aromatic rings. The molecule has 8 nitrogen and oxygen atoms in total. The molecule has 0 spiro atoms. The summed E-state index contributed by atoms with van der Waals surface area (Å²) in [5.41, 5.74) is -1.25. The highest BCUT2D eigenvalue weighted by Crippen LogP contribution is 2.25. The Balaban J connectivity index is 2.69. The Kier molecular flexibility index (Phi) is 6.68. The van der Waals surface area contributed by atoms with Gasteiger partial charge in [-0.25, -0.2) is 9.59 Å². The maximum absolute atomic E-state index is 12.2. The molecule has 8 heteroatoms. The van der Waals surface area contributed by atoms with Crippen LogP contribution in [0.5, 0.6) is 0 Å². The Labute approximate surface area is 148 Å². The third-order valence-corrected chi connectivity index (χ3v) is 3.61. The topological polar surface area (TPSA) is 105 Å². The zero-order valence-corrected chi connectivity index (χ0v) is 15.9. The molecular weight excluding hydrogens is 328 g/mol. The first-order valence-corrected chi connectivity index (χ1v) is 8.46. The molecule has 0 unspecified atom stereocenters. The molecule has 0 radical (unpaired) electrons. The maximum atomic E-state index is 12.2. The van der Waals surface area contributed by atoms with Crippen LogP contribution in [0.4, 0.5) is 9.59 Å². The number of amides is 2. The number of nitrogens with zero attached hydrogens (tertiary/aromatic N) is 1. The van der Waals surface area contributed by atoms with Crippen molar-refractivity contribution in [3.63, 3.8) is 0 Å². The molecule has 0 saturated carbocycles. The van der Waals surface area contributed by atoms with E-state index in [4.69, 9.17) is 9.47 Å². The molecule has 25 heavy (non-hydrogen) atoms. The van der Waals surface area contributed by atoms with Crippen molar-refractivity contribution in [2.75, 3.05) is 19.6 Å². The first-order valence-electron chi connectivity index (χ1n) is 8.46. The standard InChI is InChI=1S/C17H30N2O6/c1-16(2,3)24-14(22)18-9-11-10-19(8-7-12(11)13(20)21)15(23)25-17(4,5)6/h11-12H,7-10H2,1-6H3,(H,18,22)(H,20,21)/t11-,12-/m1/s1. The predicted molar refractivity (Wildman–Crippen MR) is 91.3 cm³/mol. The van der Waals surface area contributed by atoms with Crippen LogP contribution in [-0.4, -0.2) is 59.0 Å². The summed E-state index contributed by atoms with van der Waals surface area (Å²) in [7, 11) is 0. The molecule has 0 bridgehead atoms. The lowest BCUT2D eigenvalue weighted by atomic mass is 9.85. The second-order valence-corrected chi connectivity index (χ2v) is 8.30. The van der Waals surface area contributed by atoms with Crippen molar-refractivity contribution < 1.29 is 29.0 Å². The number of carbonyl (C=O) groups excluding carboxylic acids is 2. The van der Waals surface area contributed by atoms with Crippen molar-refractivity contribution in [3.05, 3.63) is 0 Å². The number of carboxylic acid groups (broad SMARTS) is 1. The average Bonchev–Trinajstić information content (AvgIpc) is 2.40. The van der Waals surface area contributed by atoms with Crippen molar-refractivity contribution in [1.82, 2.24) is 10.2 Å². The number of nitrogens with one attached hydrogen (secondary N) is 1. The molecule has 0 aliphatic carbocycles. The highest BCUT2D eigenvalue weighted by Gasteiger charge is 2.37. The van der Waals surface area contributed by atoms with E-state index in [9.17, 15) is 19.5 Å². The van der Waals surface area contributed by atoms with Gasteiger partial charge in [-0.15, -0.1) is 0 Å². The van der Waals surface area contributed by atoms with E-state index in [0.717, 1.165) is 0 Å². The molecule has 1 aliphatic rings. The van der Waals surface area contributed by atoms with Crippen LogP contribution < -0.4 is 5.32 Å². The summed E-state index contributed by atoms with van der Waals surface area (Å²) in [6.45, 7) is 11.2. The third-order valence-electron chi connectivity index (χ3n) is 3.61. The van der Waals surface area contributed by atoms with Gasteiger partial charge in [0, 0.05) is 25.6 Å². The van der Waals surface area contributed by atoms with Crippen LogP contribution in [0.2, 0.25) is 0 Å². The fourth-order valence-electron chi connectivity index (χ4n) is 2.59. The van der Waals surface area contributed by atoms with Gasteiger partial charge in [0.2, 0.25) is 0 Å². The molecule has 2 amide bonds. The summed E-state index contributed by atoms with van der Waals surface area (Å²) in [6, 6.07) is 0. The van der Waals surface area contributed by atoms with E-state index in [1.54, 1.807) is 41.5 Å². The molecule has 1 heterocycles. The zero-order chi connectivity index (χ0) is 19.4. The van der Waals surface area contributed by atoms with Gasteiger partial charge in [0.1, 0.15) is 11.2 Å². The number of aliphatic carboxylic acids is 1. The fourth-order valence-corrected chi connectivity index (χ4v) is 2.59. The first-order chi connectivity index (χ1) is 11.3. The van der Waals surface area contributed by atoms with Crippen LogP contribution in [0, 0.1) is 11.8 Å². The van der Waals surface area contributed by atoms with E-state index in [2.05, 4.69) is 5.32 Å². The van der Waals surface area contributed by atoms with Crippen molar-refractivity contribution in [2.24, 2.45) is 11.8 Å². The molecule has 1 saturated heterocycles. The monoisotopic (exact) mass is 358 g/mol. The van der Waals surface area contributed by atoms with Gasteiger partial charge < -0.3 is 24.8 Å². The number of hydrogen-bond donors (Lipinski definition) is 2. The van der Waals surface area contributed by atoms with Gasteiger partial charge in [0.25, 0.3) is 0 Å². The van der Waals surface area contributed by atoms with Crippen LogP contribution in [0.15, 0.2) is 0 Å². The van der Waals surface area contributed by atoms with Crippen molar-refractivity contribution >= 4 is 18.2 Å². The van der Waals surface area contributed by atoms with E-state index in [-0.39, 0.29) is 13.1 Å². The van der Waals surface area contributed by atoms with Crippen LogP contribution in [0.1, 0.15) is 48.0 Å². The highest BCUT2D eigenvalue weighted by molar-refractivity contribution is 5.73. The summed E-state index contributed by atoms with van der Waals surface area (Å²) >= 11 is 0. The second kappa shape index (κ2) is 7.93. The summed E-state index contributed by atoms with van der Waals surface area (Å²) < 4.78 is 10.5. The van der Waals surface area contributed by atoms with Crippen molar-refractivity contribution in [1.29, 1.82) is 0 Å². The molecule has 0 aromatic carbocycles. The largest absolute Gasteiger partial charge is 0.481 e. The predicted octanol–water partition coefficient (Wildman–Crippen LogP) is 2.47. The number of alkyl carbamates (subject to hydrolysis) is 1. The van der Waals surface area contributed by atoms with Crippen LogP contribution >= 0.6 is 0 Å². The van der Waals surface area contributed by atoms with E-state index in [1.165, 1.54) is 4.90 Å². The molecule has 2 N–H and O–H groups in total. The van der Waals surface area contributed by atoms with Gasteiger partial charge in [-0.1, -0.05) is 0 Å². The molecule has 1 aliphatic heterocycles. The van der Waals surface area contributed by atoms with Crippen molar-refractivity contribution in [2.45, 2.75) is 59.2 Å². The lowest BCUT2D eigenvalue weighted by molar-refractivity contribution is -0.145. The Bertz CT molecular complexity index is 506. The van der Waals surface area contributed by atoms with Crippen LogP contribution in [0.3, 0.4) is 0 Å². The number of likely N-dealkylation sites (tertiary alicyclic amines) is 1. The summed E-state index contributed by atoms with van der Waals surface area (Å²) in [5.74, 6) is -1.97. The SMILES string of the molecule is CC(C)(C)OC(=O)NC[C@@H]1CN(C(=O)OC(C)(C)C)CC[C@H]1C(=O)O. The summed E-state index contributed by atoms with van der Waals surface area (Å²) in [4.78, 5) is 37.0. The smallest absolute Gasteiger partial charge is 0.410 e. The Morgan fingerprint density at radius 1 is 1.08 bits per heavy atom. The number of carbonyl (C=O) groups is 3. The second-order valence-electron chi connectivity index (χ2n) is 8.30. The number of hydrogen-bond acceptors (Lipinski definition) is 5. The number of carboxylic acids is 1. The van der Waals surface area contributed by atoms with Gasteiger partial charge in [0.05, 0.1) is 5.92 Å². The minimum Gasteiger partial charge on any atom is -0.481 e. The van der Waals surface area contributed by atoms with Gasteiger partial charge >= 0.3 is 18.2 Å². The van der Waals surface area contributed by atoms with E-state index >= 15 is 0 Å². The van der Waals surface area contributed by atoms with E-state index in [0.29, 0.717) is 13.0 Å². The van der Waals surface area contributed by atoms with Gasteiger partial charge in [-0.2, -0.15) is 0 Å². The quantitative estimate of drug-likeness (QED) is 0.803. The molecule has 1 fully saturated rings. The molecule has 144 valence electrons. The molecule has 1 rings (SSSR count). The minimum absolute atomic E-state index is 0.116. The van der Waals surface area contributed by atoms with Gasteiger partial charge in [-0.3, -0.25) is 4.79 Å². The molecule has 0 aromatic heterocycles. The van der Waals surface area contributed by atoms with Crippen molar-refractivity contribution in [3.8, 4) is 0 Å². The average molecular weight is 358 g/mol. The number of rotatable bonds is 3. The third kappa shape index (κ3) is 7.62.